The van der Waals surface area contributed by atoms with Crippen molar-refractivity contribution in [2.45, 2.75) is 18.1 Å². The molecular weight excluding hydrogens is 382 g/mol. The second kappa shape index (κ2) is 9.41. The average Bonchev–Trinajstić information content (AvgIpc) is 2.84. The van der Waals surface area contributed by atoms with Gasteiger partial charge in [-0.05, 0) is 40.8 Å². The van der Waals surface area contributed by atoms with Crippen LogP contribution >= 0.6 is 0 Å². The van der Waals surface area contributed by atoms with E-state index in [1.807, 2.05) is 109 Å². The SMILES string of the molecule is Oc1ccc(C[C@H](N=Cc2ccccc2)C(O)(c2ccccc2)c2ccccc2)cc1. The maximum absolute atomic E-state index is 12.2. The minimum absolute atomic E-state index is 0.217. The number of aromatic hydroxyl groups is 1. The molecule has 3 heteroatoms. The lowest BCUT2D eigenvalue weighted by Gasteiger charge is -2.35. The third-order valence-electron chi connectivity index (χ3n) is 5.48. The first-order valence-corrected chi connectivity index (χ1v) is 10.4. The zero-order valence-corrected chi connectivity index (χ0v) is 17.2. The van der Waals surface area contributed by atoms with Crippen molar-refractivity contribution in [3.05, 3.63) is 138 Å². The molecule has 0 unspecified atom stereocenters. The highest BCUT2D eigenvalue weighted by Crippen LogP contribution is 2.36. The third kappa shape index (κ3) is 4.73. The summed E-state index contributed by atoms with van der Waals surface area (Å²) >= 11 is 0. The van der Waals surface area contributed by atoms with Gasteiger partial charge in [0.25, 0.3) is 0 Å². The molecule has 154 valence electrons. The highest BCUT2D eigenvalue weighted by Gasteiger charge is 2.40. The number of phenolic OH excluding ortho intramolecular Hbond substituents is 1. The molecule has 0 radical (unpaired) electrons. The zero-order chi connectivity index (χ0) is 21.5. The van der Waals surface area contributed by atoms with Gasteiger partial charge in [-0.3, -0.25) is 4.99 Å². The van der Waals surface area contributed by atoms with Crippen LogP contribution in [-0.4, -0.2) is 22.5 Å². The van der Waals surface area contributed by atoms with Crippen LogP contribution in [-0.2, 0) is 12.0 Å². The Balaban J connectivity index is 1.83. The Morgan fingerprint density at radius 1 is 0.677 bits per heavy atom. The Hall–Kier alpha value is -3.69. The van der Waals surface area contributed by atoms with Crippen LogP contribution in [0, 0.1) is 0 Å². The van der Waals surface area contributed by atoms with Crippen molar-refractivity contribution < 1.29 is 10.2 Å². The third-order valence-corrected chi connectivity index (χ3v) is 5.48. The van der Waals surface area contributed by atoms with Gasteiger partial charge in [-0.1, -0.05) is 103 Å². The number of benzene rings is 4. The van der Waals surface area contributed by atoms with Crippen LogP contribution in [0.5, 0.6) is 5.75 Å². The Bertz CT molecular complexity index is 1070. The van der Waals surface area contributed by atoms with Crippen LogP contribution in [0.2, 0.25) is 0 Å². The van der Waals surface area contributed by atoms with Gasteiger partial charge in [-0.2, -0.15) is 0 Å². The van der Waals surface area contributed by atoms with Gasteiger partial charge in [0.15, 0.2) is 0 Å². The fourth-order valence-corrected chi connectivity index (χ4v) is 3.81. The summed E-state index contributed by atoms with van der Waals surface area (Å²) < 4.78 is 0. The predicted octanol–water partition coefficient (Wildman–Crippen LogP) is 5.36. The number of aliphatic hydroxyl groups is 1. The summed E-state index contributed by atoms with van der Waals surface area (Å²) in [6, 6.07) is 35.8. The molecule has 0 saturated heterocycles. The van der Waals surface area contributed by atoms with E-state index in [4.69, 9.17) is 4.99 Å². The monoisotopic (exact) mass is 407 g/mol. The summed E-state index contributed by atoms with van der Waals surface area (Å²) in [6.07, 6.45) is 2.33. The van der Waals surface area contributed by atoms with Crippen molar-refractivity contribution in [2.24, 2.45) is 4.99 Å². The fraction of sp³-hybridized carbons (Fsp3) is 0.107. The van der Waals surface area contributed by atoms with E-state index < -0.39 is 11.6 Å². The lowest BCUT2D eigenvalue weighted by atomic mass is 9.78. The normalized spacial score (nSPS) is 12.7. The predicted molar refractivity (Wildman–Crippen MR) is 126 cm³/mol. The number of rotatable bonds is 7. The van der Waals surface area contributed by atoms with E-state index in [-0.39, 0.29) is 5.75 Å². The standard InChI is InChI=1S/C28H25NO2/c30-26-18-16-22(17-19-26)20-27(29-21-23-10-4-1-5-11-23)28(31,24-12-6-2-7-13-24)25-14-8-3-9-15-25/h1-19,21,27,30-31H,20H2/t27-/m0/s1. The van der Waals surface area contributed by atoms with Gasteiger partial charge in [0, 0.05) is 6.21 Å². The molecule has 4 aromatic rings. The molecule has 0 bridgehead atoms. The van der Waals surface area contributed by atoms with Crippen LogP contribution in [0.4, 0.5) is 0 Å². The highest BCUT2D eigenvalue weighted by atomic mass is 16.3. The summed E-state index contributed by atoms with van der Waals surface area (Å²) in [5, 5.41) is 21.9. The molecule has 0 aromatic heterocycles. The van der Waals surface area contributed by atoms with Gasteiger partial charge in [0.2, 0.25) is 0 Å². The minimum Gasteiger partial charge on any atom is -0.508 e. The van der Waals surface area contributed by atoms with E-state index >= 15 is 0 Å². The fourth-order valence-electron chi connectivity index (χ4n) is 3.81. The Labute approximate surface area is 183 Å². The van der Waals surface area contributed by atoms with E-state index in [9.17, 15) is 10.2 Å². The molecule has 0 aliphatic rings. The van der Waals surface area contributed by atoms with E-state index in [1.165, 1.54) is 0 Å². The first-order valence-electron chi connectivity index (χ1n) is 10.4. The number of hydrogen-bond acceptors (Lipinski definition) is 3. The number of nitrogens with zero attached hydrogens (tertiary/aromatic N) is 1. The maximum atomic E-state index is 12.2. The molecule has 2 N–H and O–H groups in total. The van der Waals surface area contributed by atoms with Crippen LogP contribution < -0.4 is 0 Å². The molecule has 0 aliphatic heterocycles. The van der Waals surface area contributed by atoms with E-state index in [0.717, 1.165) is 22.3 Å². The summed E-state index contributed by atoms with van der Waals surface area (Å²) in [6.45, 7) is 0. The zero-order valence-electron chi connectivity index (χ0n) is 17.2. The van der Waals surface area contributed by atoms with Crippen molar-refractivity contribution >= 4 is 6.21 Å². The van der Waals surface area contributed by atoms with Crippen molar-refractivity contribution in [1.29, 1.82) is 0 Å². The lowest BCUT2D eigenvalue weighted by molar-refractivity contribution is 0.0528. The largest absolute Gasteiger partial charge is 0.508 e. The van der Waals surface area contributed by atoms with Gasteiger partial charge in [0.05, 0.1) is 6.04 Å². The van der Waals surface area contributed by atoms with E-state index in [2.05, 4.69) is 0 Å². The number of hydrogen-bond donors (Lipinski definition) is 2. The molecular formula is C28H25NO2. The molecule has 4 aromatic carbocycles. The molecule has 0 amide bonds. The van der Waals surface area contributed by atoms with Crippen LogP contribution in [0.25, 0.3) is 0 Å². The first kappa shape index (κ1) is 20.6. The van der Waals surface area contributed by atoms with Gasteiger partial charge >= 0.3 is 0 Å². The molecule has 31 heavy (non-hydrogen) atoms. The maximum Gasteiger partial charge on any atom is 0.137 e. The Morgan fingerprint density at radius 3 is 1.68 bits per heavy atom. The van der Waals surface area contributed by atoms with Crippen molar-refractivity contribution in [3.8, 4) is 5.75 Å². The van der Waals surface area contributed by atoms with Gasteiger partial charge in [0.1, 0.15) is 11.4 Å². The van der Waals surface area contributed by atoms with Crippen LogP contribution in [0.1, 0.15) is 22.3 Å². The highest BCUT2D eigenvalue weighted by molar-refractivity contribution is 5.79. The number of aliphatic imine (C=N–C) groups is 1. The smallest absolute Gasteiger partial charge is 0.137 e. The summed E-state index contributed by atoms with van der Waals surface area (Å²) in [7, 11) is 0. The minimum atomic E-state index is -1.33. The van der Waals surface area contributed by atoms with Crippen molar-refractivity contribution in [2.75, 3.05) is 0 Å². The van der Waals surface area contributed by atoms with Gasteiger partial charge < -0.3 is 10.2 Å². The summed E-state index contributed by atoms with van der Waals surface area (Å²) in [5.74, 6) is 0.217. The molecule has 0 fully saturated rings. The topological polar surface area (TPSA) is 52.8 Å². The number of phenols is 1. The Kier molecular flexibility index (Phi) is 6.25. The van der Waals surface area contributed by atoms with Crippen LogP contribution in [0.15, 0.2) is 120 Å². The van der Waals surface area contributed by atoms with Gasteiger partial charge in [-0.25, -0.2) is 0 Å². The molecule has 4 rings (SSSR count). The van der Waals surface area contributed by atoms with E-state index in [0.29, 0.717) is 6.42 Å². The second-order valence-electron chi connectivity index (χ2n) is 7.57. The molecule has 0 saturated carbocycles. The Morgan fingerprint density at radius 2 is 1.16 bits per heavy atom. The molecule has 1 atom stereocenters. The lowest BCUT2D eigenvalue weighted by Crippen LogP contribution is -2.41. The molecule has 0 heterocycles. The van der Waals surface area contributed by atoms with Gasteiger partial charge in [-0.15, -0.1) is 0 Å². The molecule has 3 nitrogen and oxygen atoms in total. The average molecular weight is 408 g/mol. The van der Waals surface area contributed by atoms with Crippen molar-refractivity contribution in [1.82, 2.24) is 0 Å². The van der Waals surface area contributed by atoms with Crippen LogP contribution in [0.3, 0.4) is 0 Å². The second-order valence-corrected chi connectivity index (χ2v) is 7.57. The molecule has 0 spiro atoms. The summed E-state index contributed by atoms with van der Waals surface area (Å²) in [4.78, 5) is 4.90. The van der Waals surface area contributed by atoms with Crippen molar-refractivity contribution in [3.63, 3.8) is 0 Å². The molecule has 0 aliphatic carbocycles. The quantitative estimate of drug-likeness (QED) is 0.405. The first-order chi connectivity index (χ1) is 15.2. The summed E-state index contributed by atoms with van der Waals surface area (Å²) in [5.41, 5.74) is 2.21. The van der Waals surface area contributed by atoms with E-state index in [1.54, 1.807) is 12.1 Å².